The van der Waals surface area contributed by atoms with Crippen LogP contribution in [0.2, 0.25) is 0 Å². The molecule has 94 valence electrons. The van der Waals surface area contributed by atoms with Gasteiger partial charge in [0.05, 0.1) is 6.04 Å². The second kappa shape index (κ2) is 5.72. The number of carbonyl (C=O) groups is 1. The van der Waals surface area contributed by atoms with E-state index in [9.17, 15) is 13.6 Å². The van der Waals surface area contributed by atoms with Gasteiger partial charge in [0.15, 0.2) is 0 Å². The summed E-state index contributed by atoms with van der Waals surface area (Å²) in [5.41, 5.74) is 5.32. The fourth-order valence-corrected chi connectivity index (χ4v) is 1.59. The Morgan fingerprint density at radius 2 is 1.88 bits per heavy atom. The zero-order chi connectivity index (χ0) is 13.0. The van der Waals surface area contributed by atoms with Gasteiger partial charge in [-0.25, -0.2) is 8.78 Å². The van der Waals surface area contributed by atoms with Gasteiger partial charge in [0.25, 0.3) is 0 Å². The van der Waals surface area contributed by atoms with Crippen molar-refractivity contribution < 1.29 is 13.6 Å². The molecule has 3 N–H and O–H groups in total. The molecule has 5 heteroatoms. The minimum absolute atomic E-state index is 0.125. The molecule has 1 aromatic rings. The van der Waals surface area contributed by atoms with Crippen molar-refractivity contribution in [2.45, 2.75) is 32.4 Å². The van der Waals surface area contributed by atoms with Crippen LogP contribution >= 0.6 is 0 Å². The van der Waals surface area contributed by atoms with E-state index in [2.05, 4.69) is 5.32 Å². The van der Waals surface area contributed by atoms with Crippen molar-refractivity contribution in [2.24, 2.45) is 5.73 Å². The quantitative estimate of drug-likeness (QED) is 0.847. The van der Waals surface area contributed by atoms with Crippen LogP contribution in [0, 0.1) is 11.6 Å². The Labute approximate surface area is 99.0 Å². The monoisotopic (exact) mass is 242 g/mol. The van der Waals surface area contributed by atoms with Crippen LogP contribution in [0.5, 0.6) is 0 Å². The third-order valence-electron chi connectivity index (χ3n) is 2.32. The van der Waals surface area contributed by atoms with E-state index >= 15 is 0 Å². The van der Waals surface area contributed by atoms with Crippen molar-refractivity contribution in [2.75, 3.05) is 0 Å². The summed E-state index contributed by atoms with van der Waals surface area (Å²) in [5.74, 6) is -1.66. The Morgan fingerprint density at radius 1 is 1.35 bits per heavy atom. The van der Waals surface area contributed by atoms with E-state index in [1.807, 2.05) is 0 Å². The number of nitrogens with one attached hydrogen (secondary N) is 1. The van der Waals surface area contributed by atoms with Crippen LogP contribution in [-0.2, 0) is 4.79 Å². The predicted octanol–water partition coefficient (Wildman–Crippen LogP) is 1.88. The summed E-state index contributed by atoms with van der Waals surface area (Å²) in [6, 6.07) is 2.60. The molecule has 0 fully saturated rings. The molecular formula is C12H16F2N2O. The Hall–Kier alpha value is -1.49. The van der Waals surface area contributed by atoms with E-state index < -0.39 is 17.7 Å². The van der Waals surface area contributed by atoms with Crippen molar-refractivity contribution in [3.63, 3.8) is 0 Å². The van der Waals surface area contributed by atoms with Crippen LogP contribution in [0.1, 0.15) is 31.9 Å². The van der Waals surface area contributed by atoms with E-state index in [0.29, 0.717) is 0 Å². The van der Waals surface area contributed by atoms with Gasteiger partial charge in [-0.15, -0.1) is 0 Å². The lowest BCUT2D eigenvalue weighted by atomic mass is 10.1. The standard InChI is InChI=1S/C12H16F2N2O/c1-7(15)6-11(17)16-8(2)12-9(13)4-3-5-10(12)14/h3-5,7-8H,6,15H2,1-2H3,(H,16,17). The third-order valence-corrected chi connectivity index (χ3v) is 2.32. The molecule has 2 atom stereocenters. The number of hydrogen-bond acceptors (Lipinski definition) is 2. The van der Waals surface area contributed by atoms with Crippen LogP contribution in [0.15, 0.2) is 18.2 Å². The summed E-state index contributed by atoms with van der Waals surface area (Å²) in [6.07, 6.45) is 0.125. The number of hydrogen-bond donors (Lipinski definition) is 2. The molecule has 0 heterocycles. The lowest BCUT2D eigenvalue weighted by molar-refractivity contribution is -0.122. The Bertz CT molecular complexity index is 387. The molecule has 0 saturated carbocycles. The maximum Gasteiger partial charge on any atom is 0.222 e. The molecule has 0 bridgehead atoms. The average molecular weight is 242 g/mol. The van der Waals surface area contributed by atoms with Gasteiger partial charge in [0.2, 0.25) is 5.91 Å². The lowest BCUT2D eigenvalue weighted by Crippen LogP contribution is -2.32. The molecule has 0 aliphatic carbocycles. The molecule has 0 saturated heterocycles. The zero-order valence-electron chi connectivity index (χ0n) is 9.84. The van der Waals surface area contributed by atoms with E-state index in [1.54, 1.807) is 6.92 Å². The van der Waals surface area contributed by atoms with E-state index in [1.165, 1.54) is 13.0 Å². The van der Waals surface area contributed by atoms with Gasteiger partial charge in [0.1, 0.15) is 11.6 Å². The summed E-state index contributed by atoms with van der Waals surface area (Å²) in [4.78, 5) is 11.4. The second-order valence-corrected chi connectivity index (χ2v) is 4.11. The van der Waals surface area contributed by atoms with Crippen molar-refractivity contribution >= 4 is 5.91 Å². The summed E-state index contributed by atoms with van der Waals surface area (Å²) in [6.45, 7) is 3.22. The fraction of sp³-hybridized carbons (Fsp3) is 0.417. The zero-order valence-corrected chi connectivity index (χ0v) is 9.84. The maximum atomic E-state index is 13.4. The highest BCUT2D eigenvalue weighted by Crippen LogP contribution is 2.20. The molecule has 1 amide bonds. The first-order valence-corrected chi connectivity index (χ1v) is 5.40. The average Bonchev–Trinajstić information content (AvgIpc) is 2.15. The highest BCUT2D eigenvalue weighted by Gasteiger charge is 2.18. The minimum atomic E-state index is -0.720. The first-order valence-electron chi connectivity index (χ1n) is 5.40. The third kappa shape index (κ3) is 3.78. The minimum Gasteiger partial charge on any atom is -0.349 e. The highest BCUT2D eigenvalue weighted by molar-refractivity contribution is 5.77. The molecule has 0 aromatic heterocycles. The Morgan fingerprint density at radius 3 is 2.35 bits per heavy atom. The van der Waals surface area contributed by atoms with Gasteiger partial charge in [-0.05, 0) is 26.0 Å². The molecule has 1 aromatic carbocycles. The lowest BCUT2D eigenvalue weighted by Gasteiger charge is -2.16. The van der Waals surface area contributed by atoms with Gasteiger partial charge in [0, 0.05) is 18.0 Å². The largest absolute Gasteiger partial charge is 0.349 e. The SMILES string of the molecule is CC(N)CC(=O)NC(C)c1c(F)cccc1F. The van der Waals surface area contributed by atoms with E-state index in [4.69, 9.17) is 5.73 Å². The smallest absolute Gasteiger partial charge is 0.222 e. The summed E-state index contributed by atoms with van der Waals surface area (Å²) in [7, 11) is 0. The molecule has 17 heavy (non-hydrogen) atoms. The number of carbonyl (C=O) groups excluding carboxylic acids is 1. The number of benzene rings is 1. The van der Waals surface area contributed by atoms with Gasteiger partial charge in [-0.2, -0.15) is 0 Å². The topological polar surface area (TPSA) is 55.1 Å². The predicted molar refractivity (Wildman–Crippen MR) is 61.2 cm³/mol. The van der Waals surface area contributed by atoms with Crippen LogP contribution in [-0.4, -0.2) is 11.9 Å². The van der Waals surface area contributed by atoms with Gasteiger partial charge < -0.3 is 11.1 Å². The van der Waals surface area contributed by atoms with E-state index in [-0.39, 0.29) is 23.9 Å². The fourth-order valence-electron chi connectivity index (χ4n) is 1.59. The molecule has 2 unspecified atom stereocenters. The van der Waals surface area contributed by atoms with Gasteiger partial charge >= 0.3 is 0 Å². The summed E-state index contributed by atoms with van der Waals surface area (Å²) >= 11 is 0. The van der Waals surface area contributed by atoms with Crippen molar-refractivity contribution in [1.29, 1.82) is 0 Å². The number of halogens is 2. The van der Waals surface area contributed by atoms with Crippen LogP contribution < -0.4 is 11.1 Å². The highest BCUT2D eigenvalue weighted by atomic mass is 19.1. The van der Waals surface area contributed by atoms with Gasteiger partial charge in [-0.3, -0.25) is 4.79 Å². The van der Waals surface area contributed by atoms with Crippen LogP contribution in [0.4, 0.5) is 8.78 Å². The second-order valence-electron chi connectivity index (χ2n) is 4.11. The Kier molecular flexibility index (Phi) is 4.57. The number of amides is 1. The van der Waals surface area contributed by atoms with Crippen molar-refractivity contribution in [1.82, 2.24) is 5.32 Å². The van der Waals surface area contributed by atoms with Crippen LogP contribution in [0.25, 0.3) is 0 Å². The first kappa shape index (κ1) is 13.6. The molecule has 0 radical (unpaired) electrons. The maximum absolute atomic E-state index is 13.4. The Balaban J connectivity index is 2.76. The van der Waals surface area contributed by atoms with Crippen molar-refractivity contribution in [3.05, 3.63) is 35.4 Å². The van der Waals surface area contributed by atoms with Crippen LogP contribution in [0.3, 0.4) is 0 Å². The molecule has 0 spiro atoms. The van der Waals surface area contributed by atoms with Gasteiger partial charge in [-0.1, -0.05) is 6.07 Å². The molecule has 0 aliphatic rings. The normalized spacial score (nSPS) is 14.2. The van der Waals surface area contributed by atoms with E-state index in [0.717, 1.165) is 12.1 Å². The first-order chi connectivity index (χ1) is 7.91. The number of rotatable bonds is 4. The summed E-state index contributed by atoms with van der Waals surface area (Å²) < 4.78 is 26.8. The molecular weight excluding hydrogens is 226 g/mol. The molecule has 3 nitrogen and oxygen atoms in total. The summed E-state index contributed by atoms with van der Waals surface area (Å²) in [5, 5.41) is 2.51. The molecule has 0 aliphatic heterocycles. The molecule has 1 rings (SSSR count). The number of nitrogens with two attached hydrogens (primary N) is 1. The van der Waals surface area contributed by atoms with Crippen molar-refractivity contribution in [3.8, 4) is 0 Å².